The molecule has 0 spiro atoms. The van der Waals surface area contributed by atoms with Gasteiger partial charge in [0.15, 0.2) is 0 Å². The van der Waals surface area contributed by atoms with E-state index in [2.05, 4.69) is 17.2 Å². The van der Waals surface area contributed by atoms with E-state index in [-0.39, 0.29) is 5.91 Å². The van der Waals surface area contributed by atoms with Gasteiger partial charge >= 0.3 is 0 Å². The SMILES string of the molecule is CNC(=O)C#CC1CCCC1. The van der Waals surface area contributed by atoms with E-state index in [4.69, 9.17) is 0 Å². The van der Waals surface area contributed by atoms with E-state index in [1.54, 1.807) is 7.05 Å². The summed E-state index contributed by atoms with van der Waals surface area (Å²) in [6.07, 6.45) is 4.88. The smallest absolute Gasteiger partial charge is 0.295 e. The molecule has 1 saturated carbocycles. The van der Waals surface area contributed by atoms with Gasteiger partial charge in [0.05, 0.1) is 0 Å². The van der Waals surface area contributed by atoms with Crippen molar-refractivity contribution in [2.24, 2.45) is 5.92 Å². The molecule has 0 radical (unpaired) electrons. The molecule has 2 heteroatoms. The molecule has 0 aromatic carbocycles. The van der Waals surface area contributed by atoms with E-state index in [1.807, 2.05) is 0 Å². The Labute approximate surface area is 67.4 Å². The summed E-state index contributed by atoms with van der Waals surface area (Å²) in [6.45, 7) is 0. The Kier molecular flexibility index (Phi) is 2.97. The van der Waals surface area contributed by atoms with E-state index >= 15 is 0 Å². The molecule has 2 nitrogen and oxygen atoms in total. The Balaban J connectivity index is 2.36. The fourth-order valence-corrected chi connectivity index (χ4v) is 1.30. The lowest BCUT2D eigenvalue weighted by molar-refractivity contribution is -0.115. The van der Waals surface area contributed by atoms with Crippen LogP contribution in [0, 0.1) is 17.8 Å². The summed E-state index contributed by atoms with van der Waals surface area (Å²) in [7, 11) is 1.60. The van der Waals surface area contributed by atoms with E-state index < -0.39 is 0 Å². The first-order valence-corrected chi connectivity index (χ1v) is 4.06. The van der Waals surface area contributed by atoms with Crippen molar-refractivity contribution in [3.05, 3.63) is 0 Å². The molecule has 11 heavy (non-hydrogen) atoms. The first kappa shape index (κ1) is 8.13. The van der Waals surface area contributed by atoms with Crippen molar-refractivity contribution in [2.75, 3.05) is 7.05 Å². The highest BCUT2D eigenvalue weighted by Crippen LogP contribution is 2.23. The largest absolute Gasteiger partial charge is 0.348 e. The van der Waals surface area contributed by atoms with Crippen LogP contribution in [0.3, 0.4) is 0 Å². The summed E-state index contributed by atoms with van der Waals surface area (Å²) in [6, 6.07) is 0. The minimum Gasteiger partial charge on any atom is -0.348 e. The number of hydrogen-bond donors (Lipinski definition) is 1. The van der Waals surface area contributed by atoms with Gasteiger partial charge in [-0.15, -0.1) is 0 Å². The minimum atomic E-state index is -0.170. The molecular weight excluding hydrogens is 138 g/mol. The van der Waals surface area contributed by atoms with Gasteiger partial charge in [0.25, 0.3) is 5.91 Å². The van der Waals surface area contributed by atoms with Crippen LogP contribution in [-0.4, -0.2) is 13.0 Å². The molecule has 1 aliphatic carbocycles. The second-order valence-electron chi connectivity index (χ2n) is 2.83. The molecule has 1 aliphatic rings. The predicted molar refractivity (Wildman–Crippen MR) is 43.8 cm³/mol. The number of carbonyl (C=O) groups is 1. The topological polar surface area (TPSA) is 29.1 Å². The van der Waals surface area contributed by atoms with Crippen LogP contribution in [0.15, 0.2) is 0 Å². The lowest BCUT2D eigenvalue weighted by Crippen LogP contribution is -2.14. The van der Waals surface area contributed by atoms with Crippen LogP contribution < -0.4 is 5.32 Å². The molecule has 0 aliphatic heterocycles. The summed E-state index contributed by atoms with van der Waals surface area (Å²) >= 11 is 0. The van der Waals surface area contributed by atoms with E-state index in [9.17, 15) is 4.79 Å². The van der Waals surface area contributed by atoms with Gasteiger partial charge in [-0.3, -0.25) is 4.79 Å². The van der Waals surface area contributed by atoms with Gasteiger partial charge in [0.2, 0.25) is 0 Å². The molecule has 0 aromatic rings. The number of nitrogens with one attached hydrogen (secondary N) is 1. The molecule has 0 bridgehead atoms. The highest BCUT2D eigenvalue weighted by molar-refractivity contribution is 5.93. The first-order valence-electron chi connectivity index (χ1n) is 4.06. The van der Waals surface area contributed by atoms with Gasteiger partial charge in [-0.25, -0.2) is 0 Å². The maximum atomic E-state index is 10.7. The standard InChI is InChI=1S/C9H13NO/c1-10-9(11)7-6-8-4-2-3-5-8/h8H,2-5H2,1H3,(H,10,11). The predicted octanol–water partition coefficient (Wildman–Crippen LogP) is 0.926. The molecule has 60 valence electrons. The summed E-state index contributed by atoms with van der Waals surface area (Å²) in [5.41, 5.74) is 0. The zero-order chi connectivity index (χ0) is 8.10. The average molecular weight is 151 g/mol. The van der Waals surface area contributed by atoms with Gasteiger partial charge < -0.3 is 5.32 Å². The fraction of sp³-hybridized carbons (Fsp3) is 0.667. The van der Waals surface area contributed by atoms with E-state index in [0.29, 0.717) is 5.92 Å². The van der Waals surface area contributed by atoms with Crippen LogP contribution in [-0.2, 0) is 4.79 Å². The van der Waals surface area contributed by atoms with Crippen LogP contribution in [0.5, 0.6) is 0 Å². The van der Waals surface area contributed by atoms with Crippen molar-refractivity contribution >= 4 is 5.91 Å². The van der Waals surface area contributed by atoms with Gasteiger partial charge in [0, 0.05) is 13.0 Å². The lowest BCUT2D eigenvalue weighted by Gasteiger charge is -1.94. The van der Waals surface area contributed by atoms with Gasteiger partial charge in [0.1, 0.15) is 0 Å². The molecule has 0 heterocycles. The van der Waals surface area contributed by atoms with Gasteiger partial charge in [-0.1, -0.05) is 18.8 Å². The van der Waals surface area contributed by atoms with E-state index in [1.165, 1.54) is 25.7 Å². The molecule has 1 N–H and O–H groups in total. The maximum Gasteiger partial charge on any atom is 0.295 e. The molecule has 0 unspecified atom stereocenters. The third kappa shape index (κ3) is 2.63. The maximum absolute atomic E-state index is 10.7. The van der Waals surface area contributed by atoms with Gasteiger partial charge in [-0.05, 0) is 18.8 Å². The Morgan fingerprint density at radius 1 is 1.45 bits per heavy atom. The lowest BCUT2D eigenvalue weighted by atomic mass is 10.1. The van der Waals surface area contributed by atoms with Crippen molar-refractivity contribution in [3.63, 3.8) is 0 Å². The average Bonchev–Trinajstić information content (AvgIpc) is 2.52. The van der Waals surface area contributed by atoms with Crippen molar-refractivity contribution in [2.45, 2.75) is 25.7 Å². The summed E-state index contributed by atoms with van der Waals surface area (Å²) in [5.74, 6) is 5.85. The normalized spacial score (nSPS) is 17.2. The third-order valence-corrected chi connectivity index (χ3v) is 1.97. The number of carbonyl (C=O) groups excluding carboxylic acids is 1. The fourth-order valence-electron chi connectivity index (χ4n) is 1.30. The highest BCUT2D eigenvalue weighted by Gasteiger charge is 2.11. The Hall–Kier alpha value is -0.970. The van der Waals surface area contributed by atoms with Crippen LogP contribution in [0.2, 0.25) is 0 Å². The number of amides is 1. The quantitative estimate of drug-likeness (QED) is 0.513. The molecule has 0 aromatic heterocycles. The molecule has 1 rings (SSSR count). The molecule has 0 saturated heterocycles. The van der Waals surface area contributed by atoms with Crippen molar-refractivity contribution in [1.29, 1.82) is 0 Å². The van der Waals surface area contributed by atoms with Crippen LogP contribution in [0.1, 0.15) is 25.7 Å². The molecule has 1 fully saturated rings. The number of hydrogen-bond acceptors (Lipinski definition) is 1. The monoisotopic (exact) mass is 151 g/mol. The summed E-state index contributed by atoms with van der Waals surface area (Å²) in [4.78, 5) is 10.7. The summed E-state index contributed by atoms with van der Waals surface area (Å²) in [5, 5.41) is 2.48. The molecular formula is C9H13NO. The third-order valence-electron chi connectivity index (χ3n) is 1.97. The Morgan fingerprint density at radius 3 is 2.64 bits per heavy atom. The van der Waals surface area contributed by atoms with Crippen LogP contribution in [0.25, 0.3) is 0 Å². The van der Waals surface area contributed by atoms with Crippen LogP contribution in [0.4, 0.5) is 0 Å². The van der Waals surface area contributed by atoms with Crippen molar-refractivity contribution in [3.8, 4) is 11.8 Å². The zero-order valence-corrected chi connectivity index (χ0v) is 6.81. The molecule has 1 amide bonds. The van der Waals surface area contributed by atoms with Crippen molar-refractivity contribution in [1.82, 2.24) is 5.32 Å². The second-order valence-corrected chi connectivity index (χ2v) is 2.83. The highest BCUT2D eigenvalue weighted by atomic mass is 16.1. The minimum absolute atomic E-state index is 0.170. The Bertz CT molecular complexity index is 193. The Morgan fingerprint density at radius 2 is 2.09 bits per heavy atom. The second kappa shape index (κ2) is 4.02. The van der Waals surface area contributed by atoms with Crippen LogP contribution >= 0.6 is 0 Å². The first-order chi connectivity index (χ1) is 5.33. The number of rotatable bonds is 0. The van der Waals surface area contributed by atoms with E-state index in [0.717, 1.165) is 0 Å². The summed E-state index contributed by atoms with van der Waals surface area (Å²) < 4.78 is 0. The zero-order valence-electron chi connectivity index (χ0n) is 6.81. The van der Waals surface area contributed by atoms with Crippen molar-refractivity contribution < 1.29 is 4.79 Å². The van der Waals surface area contributed by atoms with Gasteiger partial charge in [-0.2, -0.15) is 0 Å². The molecule has 0 atom stereocenters.